The Kier molecular flexibility index (Phi) is 3.75. The van der Waals surface area contributed by atoms with Gasteiger partial charge in [-0.3, -0.25) is 4.90 Å². The number of benzene rings is 1. The molecule has 1 saturated heterocycles. The first-order valence-electron chi connectivity index (χ1n) is 5.95. The minimum Gasteiger partial charge on any atom is -0.314 e. The van der Waals surface area contributed by atoms with Gasteiger partial charge in [0.05, 0.1) is 0 Å². The zero-order valence-electron chi connectivity index (χ0n) is 9.95. The molecule has 1 heterocycles. The summed E-state index contributed by atoms with van der Waals surface area (Å²) in [4.78, 5) is 2.49. The van der Waals surface area contributed by atoms with Crippen LogP contribution >= 0.6 is 0 Å². The van der Waals surface area contributed by atoms with Crippen LogP contribution in [-0.4, -0.2) is 37.1 Å². The molecule has 86 valence electrons. The second-order valence-corrected chi connectivity index (χ2v) is 4.49. The summed E-state index contributed by atoms with van der Waals surface area (Å²) in [5, 5.41) is 3.41. The van der Waals surface area contributed by atoms with Crippen LogP contribution in [0.2, 0.25) is 0 Å². The van der Waals surface area contributed by atoms with Crippen molar-refractivity contribution in [2.75, 3.05) is 26.2 Å². The summed E-state index contributed by atoms with van der Waals surface area (Å²) in [6.45, 7) is 10.7. The summed E-state index contributed by atoms with van der Waals surface area (Å²) in [6.07, 6.45) is 0. The lowest BCUT2D eigenvalue weighted by Gasteiger charge is -2.34. The first kappa shape index (κ1) is 11.4. The van der Waals surface area contributed by atoms with Gasteiger partial charge >= 0.3 is 0 Å². The number of piperazine rings is 1. The number of hydrogen-bond donors (Lipinski definition) is 1. The van der Waals surface area contributed by atoms with Crippen molar-refractivity contribution in [2.45, 2.75) is 13.0 Å². The normalized spacial score (nSPS) is 21.9. The van der Waals surface area contributed by atoms with E-state index in [1.807, 2.05) is 6.07 Å². The van der Waals surface area contributed by atoms with Gasteiger partial charge in [-0.25, -0.2) is 0 Å². The van der Waals surface area contributed by atoms with Crippen molar-refractivity contribution in [2.24, 2.45) is 0 Å². The van der Waals surface area contributed by atoms with Crippen LogP contribution in [0.15, 0.2) is 36.9 Å². The van der Waals surface area contributed by atoms with Gasteiger partial charge in [-0.2, -0.15) is 0 Å². The van der Waals surface area contributed by atoms with Crippen molar-refractivity contribution < 1.29 is 0 Å². The minimum absolute atomic E-state index is 0.606. The molecule has 1 atom stereocenters. The lowest BCUT2D eigenvalue weighted by molar-refractivity contribution is 0.196. The molecule has 2 heteroatoms. The van der Waals surface area contributed by atoms with Crippen molar-refractivity contribution >= 4 is 5.57 Å². The predicted molar refractivity (Wildman–Crippen MR) is 69.4 cm³/mol. The van der Waals surface area contributed by atoms with E-state index in [-0.39, 0.29) is 0 Å². The fourth-order valence-electron chi connectivity index (χ4n) is 2.13. The van der Waals surface area contributed by atoms with Crippen molar-refractivity contribution in [1.82, 2.24) is 10.2 Å². The third kappa shape index (κ3) is 2.71. The van der Waals surface area contributed by atoms with E-state index in [1.54, 1.807) is 0 Å². The summed E-state index contributed by atoms with van der Waals surface area (Å²) >= 11 is 0. The van der Waals surface area contributed by atoms with Gasteiger partial charge in [0.15, 0.2) is 0 Å². The van der Waals surface area contributed by atoms with Crippen molar-refractivity contribution in [3.63, 3.8) is 0 Å². The molecule has 1 aromatic carbocycles. The highest BCUT2D eigenvalue weighted by Gasteiger charge is 2.18. The van der Waals surface area contributed by atoms with E-state index in [9.17, 15) is 0 Å². The molecule has 0 unspecified atom stereocenters. The highest BCUT2D eigenvalue weighted by molar-refractivity contribution is 5.64. The predicted octanol–water partition coefficient (Wildman–Crippen LogP) is 1.99. The number of nitrogens with zero attached hydrogens (tertiary/aromatic N) is 1. The first-order valence-corrected chi connectivity index (χ1v) is 5.95. The molecular weight excluding hydrogens is 196 g/mol. The fraction of sp³-hybridized carbons (Fsp3) is 0.429. The Morgan fingerprint density at radius 1 is 1.44 bits per heavy atom. The van der Waals surface area contributed by atoms with Gasteiger partial charge in [0.2, 0.25) is 0 Å². The average molecular weight is 216 g/mol. The first-order chi connectivity index (χ1) is 7.77. The molecule has 0 radical (unpaired) electrons. The topological polar surface area (TPSA) is 15.3 Å². The Balaban J connectivity index is 1.96. The van der Waals surface area contributed by atoms with Crippen molar-refractivity contribution in [3.8, 4) is 0 Å². The highest BCUT2D eigenvalue weighted by Crippen LogP contribution is 2.15. The third-order valence-electron chi connectivity index (χ3n) is 3.21. The molecule has 1 fully saturated rings. The quantitative estimate of drug-likeness (QED) is 0.831. The summed E-state index contributed by atoms with van der Waals surface area (Å²) in [5.41, 5.74) is 2.47. The van der Waals surface area contributed by atoms with E-state index in [0.29, 0.717) is 6.04 Å². The Morgan fingerprint density at radius 3 is 2.88 bits per heavy atom. The SMILES string of the molecule is C=C(CN1CCNC[C@@H]1C)c1ccccc1. The smallest absolute Gasteiger partial charge is 0.0237 e. The van der Waals surface area contributed by atoms with Gasteiger partial charge in [0.25, 0.3) is 0 Å². The second kappa shape index (κ2) is 5.28. The number of hydrogen-bond acceptors (Lipinski definition) is 2. The van der Waals surface area contributed by atoms with Gasteiger partial charge in [-0.1, -0.05) is 36.9 Å². The Bertz CT molecular complexity index is 345. The van der Waals surface area contributed by atoms with Crippen LogP contribution in [0.25, 0.3) is 5.57 Å². The zero-order chi connectivity index (χ0) is 11.4. The summed E-state index contributed by atoms with van der Waals surface area (Å²) in [6, 6.07) is 11.1. The maximum atomic E-state index is 4.19. The Labute approximate surface area is 98.0 Å². The Morgan fingerprint density at radius 2 is 2.19 bits per heavy atom. The van der Waals surface area contributed by atoms with Gasteiger partial charge < -0.3 is 5.32 Å². The van der Waals surface area contributed by atoms with Crippen LogP contribution in [0.4, 0.5) is 0 Å². The number of rotatable bonds is 3. The molecule has 1 aliphatic rings. The largest absolute Gasteiger partial charge is 0.314 e. The molecule has 1 aliphatic heterocycles. The molecule has 0 spiro atoms. The monoisotopic (exact) mass is 216 g/mol. The highest BCUT2D eigenvalue weighted by atomic mass is 15.2. The molecule has 2 rings (SSSR count). The summed E-state index contributed by atoms with van der Waals surface area (Å²) in [5.74, 6) is 0. The van der Waals surface area contributed by atoms with Crippen molar-refractivity contribution in [1.29, 1.82) is 0 Å². The molecule has 16 heavy (non-hydrogen) atoms. The molecule has 0 aromatic heterocycles. The van der Waals surface area contributed by atoms with E-state index in [1.165, 1.54) is 11.1 Å². The van der Waals surface area contributed by atoms with E-state index in [2.05, 4.69) is 48.0 Å². The molecule has 0 bridgehead atoms. The molecular formula is C14H20N2. The molecule has 1 aromatic rings. The van der Waals surface area contributed by atoms with E-state index in [0.717, 1.165) is 26.2 Å². The summed E-state index contributed by atoms with van der Waals surface area (Å²) < 4.78 is 0. The van der Waals surface area contributed by atoms with Crippen LogP contribution in [0.1, 0.15) is 12.5 Å². The Hall–Kier alpha value is -1.12. The second-order valence-electron chi connectivity index (χ2n) is 4.49. The minimum atomic E-state index is 0.606. The molecule has 1 N–H and O–H groups in total. The molecule has 0 aliphatic carbocycles. The van der Waals surface area contributed by atoms with E-state index in [4.69, 9.17) is 0 Å². The fourth-order valence-corrected chi connectivity index (χ4v) is 2.13. The summed E-state index contributed by atoms with van der Waals surface area (Å²) in [7, 11) is 0. The van der Waals surface area contributed by atoms with Crippen molar-refractivity contribution in [3.05, 3.63) is 42.5 Å². The number of nitrogens with one attached hydrogen (secondary N) is 1. The van der Waals surface area contributed by atoms with Gasteiger partial charge in [0.1, 0.15) is 0 Å². The zero-order valence-corrected chi connectivity index (χ0v) is 9.95. The third-order valence-corrected chi connectivity index (χ3v) is 3.21. The van der Waals surface area contributed by atoms with Crippen LogP contribution < -0.4 is 5.32 Å². The van der Waals surface area contributed by atoms with Crippen LogP contribution in [0.5, 0.6) is 0 Å². The van der Waals surface area contributed by atoms with Crippen LogP contribution in [0.3, 0.4) is 0 Å². The van der Waals surface area contributed by atoms with E-state index >= 15 is 0 Å². The van der Waals surface area contributed by atoms with Crippen LogP contribution in [-0.2, 0) is 0 Å². The van der Waals surface area contributed by atoms with Gasteiger partial charge in [-0.05, 0) is 18.1 Å². The average Bonchev–Trinajstić information content (AvgIpc) is 2.33. The molecule has 2 nitrogen and oxygen atoms in total. The van der Waals surface area contributed by atoms with Gasteiger partial charge in [-0.15, -0.1) is 0 Å². The maximum absolute atomic E-state index is 4.19. The molecule has 0 saturated carbocycles. The lowest BCUT2D eigenvalue weighted by Crippen LogP contribution is -2.50. The maximum Gasteiger partial charge on any atom is 0.0237 e. The molecule has 0 amide bonds. The van der Waals surface area contributed by atoms with Gasteiger partial charge in [0, 0.05) is 32.2 Å². The lowest BCUT2D eigenvalue weighted by atomic mass is 10.1. The standard InChI is InChI=1S/C14H20N2/c1-12(14-6-4-3-5-7-14)11-16-9-8-15-10-13(16)2/h3-7,13,15H,1,8-11H2,2H3/t13-/m0/s1. The van der Waals surface area contributed by atoms with Crippen LogP contribution in [0, 0.1) is 0 Å². The van der Waals surface area contributed by atoms with E-state index < -0.39 is 0 Å².